The first-order chi connectivity index (χ1) is 13.0. The molecule has 0 unspecified atom stereocenters. The quantitative estimate of drug-likeness (QED) is 0.873. The highest BCUT2D eigenvalue weighted by atomic mass is 19.1. The Morgan fingerprint density at radius 2 is 2.11 bits per heavy atom. The Morgan fingerprint density at radius 3 is 2.78 bits per heavy atom. The molecular weight excluding hydrogens is 349 g/mol. The fourth-order valence-corrected chi connectivity index (χ4v) is 3.08. The molecule has 6 nitrogen and oxygen atoms in total. The molecule has 0 atom stereocenters. The highest BCUT2D eigenvalue weighted by Crippen LogP contribution is 2.33. The average molecular weight is 371 g/mol. The number of halogens is 1. The van der Waals surface area contributed by atoms with Crippen LogP contribution in [0.1, 0.15) is 18.4 Å². The largest absolute Gasteiger partial charge is 0.494 e. The van der Waals surface area contributed by atoms with E-state index in [1.165, 1.54) is 24.1 Å². The number of rotatable bonds is 5. The summed E-state index contributed by atoms with van der Waals surface area (Å²) in [6, 6.07) is 11.0. The van der Waals surface area contributed by atoms with Gasteiger partial charge in [0.1, 0.15) is 11.6 Å². The van der Waals surface area contributed by atoms with Crippen LogP contribution in [0.5, 0.6) is 5.75 Å². The molecule has 7 heteroatoms. The van der Waals surface area contributed by atoms with Crippen molar-refractivity contribution in [1.82, 2.24) is 4.90 Å². The molecule has 0 aromatic heterocycles. The zero-order valence-corrected chi connectivity index (χ0v) is 15.4. The number of anilines is 2. The third-order valence-corrected chi connectivity index (χ3v) is 4.45. The highest BCUT2D eigenvalue weighted by Gasteiger charge is 2.24. The van der Waals surface area contributed by atoms with E-state index in [4.69, 9.17) is 4.74 Å². The minimum absolute atomic E-state index is 0.0694. The monoisotopic (exact) mass is 371 g/mol. The first-order valence-corrected chi connectivity index (χ1v) is 8.73. The van der Waals surface area contributed by atoms with Crippen LogP contribution < -0.4 is 15.0 Å². The van der Waals surface area contributed by atoms with Gasteiger partial charge in [0, 0.05) is 38.3 Å². The summed E-state index contributed by atoms with van der Waals surface area (Å²) in [7, 11) is 3.16. The normalized spacial score (nSPS) is 13.6. The van der Waals surface area contributed by atoms with Crippen molar-refractivity contribution in [2.75, 3.05) is 30.9 Å². The van der Waals surface area contributed by atoms with Crippen LogP contribution >= 0.6 is 0 Å². The summed E-state index contributed by atoms with van der Waals surface area (Å²) in [4.78, 5) is 27.5. The Hall–Kier alpha value is -3.09. The third kappa shape index (κ3) is 4.36. The number of benzene rings is 2. The van der Waals surface area contributed by atoms with E-state index < -0.39 is 0 Å². The van der Waals surface area contributed by atoms with E-state index in [1.54, 1.807) is 42.3 Å². The fourth-order valence-electron chi connectivity index (χ4n) is 3.08. The number of carbonyl (C=O) groups is 2. The van der Waals surface area contributed by atoms with Gasteiger partial charge in [-0.05, 0) is 36.2 Å². The molecule has 142 valence electrons. The van der Waals surface area contributed by atoms with E-state index in [0.717, 1.165) is 6.42 Å². The lowest BCUT2D eigenvalue weighted by Crippen LogP contribution is -2.31. The van der Waals surface area contributed by atoms with E-state index in [2.05, 4.69) is 5.32 Å². The van der Waals surface area contributed by atoms with Gasteiger partial charge in [-0.1, -0.05) is 12.1 Å². The number of carbonyl (C=O) groups excluding carboxylic acids is 2. The molecule has 1 N–H and O–H groups in total. The van der Waals surface area contributed by atoms with Gasteiger partial charge in [-0.25, -0.2) is 9.18 Å². The number of hydrogen-bond donors (Lipinski definition) is 1. The van der Waals surface area contributed by atoms with Crippen molar-refractivity contribution in [3.63, 3.8) is 0 Å². The van der Waals surface area contributed by atoms with Gasteiger partial charge in [0.25, 0.3) is 0 Å². The zero-order valence-electron chi connectivity index (χ0n) is 15.4. The van der Waals surface area contributed by atoms with Crippen molar-refractivity contribution in [1.29, 1.82) is 0 Å². The second kappa shape index (κ2) is 8.07. The number of hydrogen-bond acceptors (Lipinski definition) is 3. The van der Waals surface area contributed by atoms with Crippen molar-refractivity contribution in [2.24, 2.45) is 0 Å². The third-order valence-electron chi connectivity index (χ3n) is 4.45. The summed E-state index contributed by atoms with van der Waals surface area (Å²) in [5.74, 6) is 0.258. The standard InChI is InChI=1S/C20H22FN3O3/c1-23(13-14-5-3-6-15(21)11-14)20(26)22-16-8-9-17(18(12-16)27-2)24-10-4-7-19(24)25/h3,5-6,8-9,11-12H,4,7,10,13H2,1-2H3,(H,22,26). The number of urea groups is 1. The molecule has 0 saturated carbocycles. The van der Waals surface area contributed by atoms with E-state index in [9.17, 15) is 14.0 Å². The highest BCUT2D eigenvalue weighted by molar-refractivity contribution is 5.97. The van der Waals surface area contributed by atoms with Crippen LogP contribution in [0.25, 0.3) is 0 Å². The molecule has 1 aliphatic rings. The molecular formula is C20H22FN3O3. The molecule has 0 bridgehead atoms. The van der Waals surface area contributed by atoms with Crippen LogP contribution in [0.3, 0.4) is 0 Å². The average Bonchev–Trinajstić information content (AvgIpc) is 3.07. The molecule has 3 rings (SSSR count). The molecule has 3 amide bonds. The summed E-state index contributed by atoms with van der Waals surface area (Å²) in [6.07, 6.45) is 1.36. The molecule has 0 spiro atoms. The summed E-state index contributed by atoms with van der Waals surface area (Å²) >= 11 is 0. The molecule has 0 radical (unpaired) electrons. The fraction of sp³-hybridized carbons (Fsp3) is 0.300. The minimum Gasteiger partial charge on any atom is -0.494 e. The minimum atomic E-state index is -0.335. The molecule has 27 heavy (non-hydrogen) atoms. The van der Waals surface area contributed by atoms with Crippen molar-refractivity contribution in [3.05, 3.63) is 53.8 Å². The molecule has 1 fully saturated rings. The van der Waals surface area contributed by atoms with E-state index >= 15 is 0 Å². The van der Waals surface area contributed by atoms with Gasteiger partial charge in [0.05, 0.1) is 12.8 Å². The van der Waals surface area contributed by atoms with Crippen LogP contribution in [-0.4, -0.2) is 37.5 Å². The van der Waals surface area contributed by atoms with Gasteiger partial charge in [-0.3, -0.25) is 4.79 Å². The van der Waals surface area contributed by atoms with E-state index in [1.807, 2.05) is 0 Å². The Kier molecular flexibility index (Phi) is 5.59. The van der Waals surface area contributed by atoms with Crippen molar-refractivity contribution in [2.45, 2.75) is 19.4 Å². The molecule has 2 aromatic rings. The Labute approximate surface area is 157 Å². The number of methoxy groups -OCH3 is 1. The summed E-state index contributed by atoms with van der Waals surface area (Å²) in [5.41, 5.74) is 1.96. The maximum absolute atomic E-state index is 13.3. The zero-order chi connectivity index (χ0) is 19.4. The Balaban J connectivity index is 1.69. The number of nitrogens with zero attached hydrogens (tertiary/aromatic N) is 2. The molecule has 0 aliphatic carbocycles. The lowest BCUT2D eigenvalue weighted by atomic mass is 10.2. The van der Waals surface area contributed by atoms with Crippen molar-refractivity contribution >= 4 is 23.3 Å². The Morgan fingerprint density at radius 1 is 1.30 bits per heavy atom. The lowest BCUT2D eigenvalue weighted by molar-refractivity contribution is -0.117. The second-order valence-corrected chi connectivity index (χ2v) is 6.45. The van der Waals surface area contributed by atoms with Crippen LogP contribution in [0.2, 0.25) is 0 Å². The van der Waals surface area contributed by atoms with Crippen LogP contribution in [0.4, 0.5) is 20.6 Å². The number of amides is 3. The van der Waals surface area contributed by atoms with Crippen LogP contribution in [0, 0.1) is 5.82 Å². The Bertz CT molecular complexity index is 856. The summed E-state index contributed by atoms with van der Waals surface area (Å²) < 4.78 is 18.7. The van der Waals surface area contributed by atoms with Gasteiger partial charge in [-0.2, -0.15) is 0 Å². The smallest absolute Gasteiger partial charge is 0.321 e. The first kappa shape index (κ1) is 18.7. The van der Waals surface area contributed by atoms with Gasteiger partial charge in [0.2, 0.25) is 5.91 Å². The van der Waals surface area contributed by atoms with Gasteiger partial charge in [0.15, 0.2) is 0 Å². The topological polar surface area (TPSA) is 61.9 Å². The number of ether oxygens (including phenoxy) is 1. The van der Waals surface area contributed by atoms with Crippen LogP contribution in [0.15, 0.2) is 42.5 Å². The van der Waals surface area contributed by atoms with E-state index in [0.29, 0.717) is 35.7 Å². The molecule has 1 aliphatic heterocycles. The second-order valence-electron chi connectivity index (χ2n) is 6.45. The number of nitrogens with one attached hydrogen (secondary N) is 1. The molecule has 1 saturated heterocycles. The van der Waals surface area contributed by atoms with Crippen molar-refractivity contribution in [3.8, 4) is 5.75 Å². The molecule has 2 aromatic carbocycles. The van der Waals surface area contributed by atoms with Crippen LogP contribution in [-0.2, 0) is 11.3 Å². The first-order valence-electron chi connectivity index (χ1n) is 8.73. The van der Waals surface area contributed by atoms with Gasteiger partial charge in [-0.15, -0.1) is 0 Å². The molecule has 1 heterocycles. The van der Waals surface area contributed by atoms with Gasteiger partial charge >= 0.3 is 6.03 Å². The maximum Gasteiger partial charge on any atom is 0.321 e. The van der Waals surface area contributed by atoms with Crippen molar-refractivity contribution < 1.29 is 18.7 Å². The predicted octanol–water partition coefficient (Wildman–Crippen LogP) is 3.63. The maximum atomic E-state index is 13.3. The summed E-state index contributed by atoms with van der Waals surface area (Å²) in [6.45, 7) is 0.943. The van der Waals surface area contributed by atoms with E-state index in [-0.39, 0.29) is 24.3 Å². The summed E-state index contributed by atoms with van der Waals surface area (Å²) in [5, 5.41) is 2.79. The predicted molar refractivity (Wildman–Crippen MR) is 101 cm³/mol. The SMILES string of the molecule is COc1cc(NC(=O)N(C)Cc2cccc(F)c2)ccc1N1CCCC1=O. The lowest BCUT2D eigenvalue weighted by Gasteiger charge is -2.21. The van der Waals surface area contributed by atoms with Gasteiger partial charge < -0.3 is 19.9 Å².